The van der Waals surface area contributed by atoms with Crippen LogP contribution >= 0.6 is 0 Å². The SMILES string of the molecule is O[Si](O)(O)O.O[Si](O)(O)O.[Li]. The quantitative estimate of drug-likeness (QED) is 0.179. The van der Waals surface area contributed by atoms with E-state index >= 15 is 0 Å². The van der Waals surface area contributed by atoms with Gasteiger partial charge >= 0.3 is 18.1 Å². The van der Waals surface area contributed by atoms with Gasteiger partial charge in [-0.2, -0.15) is 0 Å². The molecule has 0 rings (SSSR count). The van der Waals surface area contributed by atoms with Crippen molar-refractivity contribution < 1.29 is 38.4 Å². The second-order valence-corrected chi connectivity index (χ2v) is 3.60. The van der Waals surface area contributed by atoms with Crippen molar-refractivity contribution in [2.24, 2.45) is 0 Å². The zero-order valence-electron chi connectivity index (χ0n) is 5.58. The van der Waals surface area contributed by atoms with Gasteiger partial charge in [-0.25, -0.2) is 0 Å². The Morgan fingerprint density at radius 2 is 0.455 bits per heavy atom. The molecule has 0 saturated heterocycles. The van der Waals surface area contributed by atoms with Gasteiger partial charge in [0.05, 0.1) is 0 Å². The van der Waals surface area contributed by atoms with Crippen LogP contribution in [-0.4, -0.2) is 75.3 Å². The van der Waals surface area contributed by atoms with E-state index in [1.807, 2.05) is 0 Å². The molecule has 0 unspecified atom stereocenters. The molecule has 8 nitrogen and oxygen atoms in total. The van der Waals surface area contributed by atoms with Crippen molar-refractivity contribution in [1.82, 2.24) is 0 Å². The zero-order chi connectivity index (χ0) is 9.00. The first kappa shape index (κ1) is 17.7. The Hall–Kier alpha value is 0.711. The summed E-state index contributed by atoms with van der Waals surface area (Å²) in [5, 5.41) is 0. The molecule has 0 saturated carbocycles. The van der Waals surface area contributed by atoms with Crippen LogP contribution < -0.4 is 0 Å². The van der Waals surface area contributed by atoms with Gasteiger partial charge in [-0.3, -0.25) is 0 Å². The molecule has 0 fully saturated rings. The molecule has 0 aliphatic rings. The minimum Gasteiger partial charge on any atom is -0.368 e. The summed E-state index contributed by atoms with van der Waals surface area (Å²) in [4.78, 5) is 58.6. The molecule has 0 atom stereocenters. The van der Waals surface area contributed by atoms with E-state index in [2.05, 4.69) is 0 Å². The molecular formula is H8LiO8Si2. The second-order valence-electron chi connectivity index (χ2n) is 1.20. The summed E-state index contributed by atoms with van der Waals surface area (Å²) in [6, 6.07) is 0. The monoisotopic (exact) mass is 199 g/mol. The summed E-state index contributed by atoms with van der Waals surface area (Å²) in [5.74, 6) is 0. The molecule has 0 heterocycles. The third kappa shape index (κ3) is 1610. The maximum Gasteiger partial charge on any atom is 0.668 e. The van der Waals surface area contributed by atoms with Crippen LogP contribution in [0.3, 0.4) is 0 Å². The van der Waals surface area contributed by atoms with E-state index in [0.29, 0.717) is 0 Å². The maximum absolute atomic E-state index is 7.33. The number of hydrogen-bond donors (Lipinski definition) is 8. The first-order valence-electron chi connectivity index (χ1n) is 1.79. The van der Waals surface area contributed by atoms with Gasteiger partial charge in [0.1, 0.15) is 0 Å². The van der Waals surface area contributed by atoms with Gasteiger partial charge in [0.25, 0.3) is 0 Å². The normalized spacial score (nSPS) is 10.9. The van der Waals surface area contributed by atoms with Crippen LogP contribution in [-0.2, 0) is 0 Å². The van der Waals surface area contributed by atoms with Gasteiger partial charge < -0.3 is 38.4 Å². The Labute approximate surface area is 75.8 Å². The van der Waals surface area contributed by atoms with E-state index in [1.165, 1.54) is 0 Å². The van der Waals surface area contributed by atoms with Gasteiger partial charge in [0.2, 0.25) is 0 Å². The van der Waals surface area contributed by atoms with Crippen molar-refractivity contribution in [3.05, 3.63) is 0 Å². The maximum atomic E-state index is 7.33. The number of rotatable bonds is 0. The predicted molar refractivity (Wildman–Crippen MR) is 35.0 cm³/mol. The van der Waals surface area contributed by atoms with Crippen molar-refractivity contribution in [3.8, 4) is 0 Å². The summed E-state index contributed by atoms with van der Waals surface area (Å²) < 4.78 is 0. The fourth-order valence-corrected chi connectivity index (χ4v) is 0. The average molecular weight is 199 g/mol. The third-order valence-corrected chi connectivity index (χ3v) is 0. The van der Waals surface area contributed by atoms with Crippen molar-refractivity contribution in [3.63, 3.8) is 0 Å². The third-order valence-electron chi connectivity index (χ3n) is 0. The van der Waals surface area contributed by atoms with Crippen molar-refractivity contribution in [2.75, 3.05) is 0 Å². The Morgan fingerprint density at radius 3 is 0.455 bits per heavy atom. The van der Waals surface area contributed by atoms with E-state index in [1.54, 1.807) is 0 Å². The van der Waals surface area contributed by atoms with Crippen LogP contribution in [0.25, 0.3) is 0 Å². The molecule has 8 N–H and O–H groups in total. The van der Waals surface area contributed by atoms with Crippen LogP contribution in [0.1, 0.15) is 0 Å². The smallest absolute Gasteiger partial charge is 0.368 e. The Morgan fingerprint density at radius 1 is 0.455 bits per heavy atom. The summed E-state index contributed by atoms with van der Waals surface area (Å²) in [7, 11) is -9.22. The van der Waals surface area contributed by atoms with E-state index in [0.717, 1.165) is 0 Å². The van der Waals surface area contributed by atoms with Crippen molar-refractivity contribution >= 4 is 37.0 Å². The van der Waals surface area contributed by atoms with E-state index < -0.39 is 18.1 Å². The van der Waals surface area contributed by atoms with Gasteiger partial charge in [-0.15, -0.1) is 0 Å². The predicted octanol–water partition coefficient (Wildman–Crippen LogP) is -5.60. The molecule has 0 aromatic rings. The molecule has 0 aromatic heterocycles. The minimum atomic E-state index is -4.61. The van der Waals surface area contributed by atoms with Gasteiger partial charge in [-0.1, -0.05) is 0 Å². The molecule has 0 bridgehead atoms. The molecule has 11 heavy (non-hydrogen) atoms. The Balaban J connectivity index is -0.000000107. The molecule has 11 heteroatoms. The Bertz CT molecular complexity index is 55.1. The Kier molecular flexibility index (Phi) is 10.1. The molecule has 1 radical (unpaired) electrons. The molecular weight excluding hydrogens is 191 g/mol. The summed E-state index contributed by atoms with van der Waals surface area (Å²) in [6.07, 6.45) is 0. The van der Waals surface area contributed by atoms with Crippen LogP contribution in [0, 0.1) is 0 Å². The van der Waals surface area contributed by atoms with E-state index in [-0.39, 0.29) is 18.9 Å². The van der Waals surface area contributed by atoms with Gasteiger partial charge in [0.15, 0.2) is 0 Å². The molecule has 0 amide bonds. The second kappa shape index (κ2) is 6.25. The van der Waals surface area contributed by atoms with Gasteiger partial charge in [0, 0.05) is 18.9 Å². The molecule has 0 spiro atoms. The number of hydrogen-bond acceptors (Lipinski definition) is 8. The topological polar surface area (TPSA) is 162 Å². The van der Waals surface area contributed by atoms with Crippen LogP contribution in [0.15, 0.2) is 0 Å². The van der Waals surface area contributed by atoms with Gasteiger partial charge in [-0.05, 0) is 0 Å². The fourth-order valence-electron chi connectivity index (χ4n) is 0. The summed E-state index contributed by atoms with van der Waals surface area (Å²) >= 11 is 0. The van der Waals surface area contributed by atoms with Crippen LogP contribution in [0.4, 0.5) is 0 Å². The first-order chi connectivity index (χ1) is 4.00. The average Bonchev–Trinajstić information content (AvgIpc) is 1.12. The summed E-state index contributed by atoms with van der Waals surface area (Å²) in [6.45, 7) is 0. The molecule has 65 valence electrons. The molecule has 0 aromatic carbocycles. The van der Waals surface area contributed by atoms with Crippen LogP contribution in [0.2, 0.25) is 0 Å². The summed E-state index contributed by atoms with van der Waals surface area (Å²) in [5.41, 5.74) is 0. The minimum absolute atomic E-state index is 0. The van der Waals surface area contributed by atoms with Crippen LogP contribution in [0.5, 0.6) is 0 Å². The van der Waals surface area contributed by atoms with E-state index in [4.69, 9.17) is 38.4 Å². The first-order valence-corrected chi connectivity index (χ1v) is 5.37. The van der Waals surface area contributed by atoms with Crippen molar-refractivity contribution in [1.29, 1.82) is 0 Å². The largest absolute Gasteiger partial charge is 0.668 e. The standard InChI is InChI=1S/Li.2H4O4Si/c;2*1-5(2,3)4/h;2*1-4H. The van der Waals surface area contributed by atoms with E-state index in [9.17, 15) is 0 Å². The fraction of sp³-hybridized carbons (Fsp3) is 0. The van der Waals surface area contributed by atoms with Crippen molar-refractivity contribution in [2.45, 2.75) is 0 Å². The zero-order valence-corrected chi connectivity index (χ0v) is 7.58. The molecule has 0 aliphatic heterocycles. The molecule has 0 aliphatic carbocycles.